The van der Waals surface area contributed by atoms with Gasteiger partial charge in [-0.25, -0.2) is 0 Å². The Morgan fingerprint density at radius 2 is 1.89 bits per heavy atom. The van der Waals surface area contributed by atoms with Crippen LogP contribution in [0.4, 0.5) is 0 Å². The van der Waals surface area contributed by atoms with Crippen LogP contribution < -0.4 is 5.84 Å². The molecule has 4 nitrogen and oxygen atoms in total. The molecular formula is C5H10N4. The Morgan fingerprint density at radius 1 is 1.33 bits per heavy atom. The number of hydrogen-bond donors (Lipinski definition) is 1. The number of hydrazone groups is 1. The van der Waals surface area contributed by atoms with E-state index in [1.807, 2.05) is 0 Å². The summed E-state index contributed by atoms with van der Waals surface area (Å²) in [5.74, 6) is 5.31. The number of amidine groups is 1. The summed E-state index contributed by atoms with van der Waals surface area (Å²) in [6.45, 7) is 6.91. The molecule has 0 unspecified atom stereocenters. The summed E-state index contributed by atoms with van der Waals surface area (Å²) >= 11 is 0. The third-order valence-corrected chi connectivity index (χ3v) is 0.552. The van der Waals surface area contributed by atoms with Crippen molar-refractivity contribution >= 4 is 5.84 Å². The number of rotatable bonds is 1. The minimum absolute atomic E-state index is 0.443. The van der Waals surface area contributed by atoms with Gasteiger partial charge in [-0.2, -0.15) is 10.2 Å². The molecule has 0 saturated heterocycles. The lowest BCUT2D eigenvalue weighted by Crippen LogP contribution is -1.89. The van der Waals surface area contributed by atoms with E-state index in [0.29, 0.717) is 11.5 Å². The van der Waals surface area contributed by atoms with E-state index in [1.54, 1.807) is 13.8 Å². The van der Waals surface area contributed by atoms with Crippen molar-refractivity contribution in [3.8, 4) is 0 Å². The summed E-state index contributed by atoms with van der Waals surface area (Å²) in [5.41, 5.74) is 0.637. The van der Waals surface area contributed by atoms with Gasteiger partial charge >= 0.3 is 0 Å². The predicted molar refractivity (Wildman–Crippen MR) is 37.0 cm³/mol. The van der Waals surface area contributed by atoms with Gasteiger partial charge < -0.3 is 5.84 Å². The molecule has 50 valence electrons. The highest BCUT2D eigenvalue weighted by Gasteiger charge is 1.80. The van der Waals surface area contributed by atoms with Crippen LogP contribution in [0.3, 0.4) is 0 Å². The summed E-state index contributed by atoms with van der Waals surface area (Å²) < 4.78 is 0. The third-order valence-electron chi connectivity index (χ3n) is 0.552. The molecule has 2 N–H and O–H groups in total. The maximum atomic E-state index is 4.86. The zero-order valence-electron chi connectivity index (χ0n) is 5.63. The first-order chi connectivity index (χ1) is 4.16. The van der Waals surface area contributed by atoms with Gasteiger partial charge in [0.05, 0.1) is 5.70 Å². The predicted octanol–water partition coefficient (Wildman–Crippen LogP) is 1.26. The lowest BCUT2D eigenvalue weighted by molar-refractivity contribution is 1.12. The third kappa shape index (κ3) is 4.67. The van der Waals surface area contributed by atoms with Crippen molar-refractivity contribution in [1.29, 1.82) is 0 Å². The maximum absolute atomic E-state index is 4.86. The monoisotopic (exact) mass is 126 g/mol. The fraction of sp³-hybridized carbons (Fsp3) is 0.400. The summed E-state index contributed by atoms with van der Waals surface area (Å²) in [4.78, 5) is 0. The van der Waals surface area contributed by atoms with Gasteiger partial charge in [0.1, 0.15) is 0 Å². The average Bonchev–Trinajstić information content (AvgIpc) is 1.83. The molecule has 9 heavy (non-hydrogen) atoms. The summed E-state index contributed by atoms with van der Waals surface area (Å²) in [7, 11) is 0. The Balaban J connectivity index is 3.86. The quantitative estimate of drug-likeness (QED) is 0.186. The largest absolute Gasteiger partial charge is 0.321 e. The highest BCUT2D eigenvalue weighted by molar-refractivity contribution is 5.79. The minimum atomic E-state index is 0.443. The first kappa shape index (κ1) is 7.81. The Kier molecular flexibility index (Phi) is 3.27. The molecule has 0 aromatic rings. The number of hydrogen-bond acceptors (Lipinski definition) is 3. The van der Waals surface area contributed by atoms with E-state index in [0.717, 1.165) is 0 Å². The van der Waals surface area contributed by atoms with Crippen molar-refractivity contribution in [1.82, 2.24) is 0 Å². The first-order valence-electron chi connectivity index (χ1n) is 2.48. The smallest absolute Gasteiger partial charge is 0.167 e. The van der Waals surface area contributed by atoms with Crippen LogP contribution in [-0.2, 0) is 0 Å². The SMILES string of the molecule is C=C(C)N=N/C(C)=N\N. The molecule has 0 rings (SSSR count). The molecular weight excluding hydrogens is 116 g/mol. The molecule has 0 radical (unpaired) electrons. The molecule has 0 aliphatic carbocycles. The van der Waals surface area contributed by atoms with Crippen LogP contribution in [0, 0.1) is 0 Å². The Morgan fingerprint density at radius 3 is 2.22 bits per heavy atom. The van der Waals surface area contributed by atoms with Gasteiger partial charge in [-0.05, 0) is 13.8 Å². The van der Waals surface area contributed by atoms with Gasteiger partial charge in [0.15, 0.2) is 5.84 Å². The van der Waals surface area contributed by atoms with E-state index in [2.05, 4.69) is 21.9 Å². The molecule has 0 saturated carbocycles. The topological polar surface area (TPSA) is 63.1 Å². The van der Waals surface area contributed by atoms with Crippen LogP contribution in [0.25, 0.3) is 0 Å². The highest BCUT2D eigenvalue weighted by Crippen LogP contribution is 1.89. The maximum Gasteiger partial charge on any atom is 0.167 e. The van der Waals surface area contributed by atoms with Crippen molar-refractivity contribution in [3.63, 3.8) is 0 Å². The zero-order valence-corrected chi connectivity index (χ0v) is 5.63. The van der Waals surface area contributed by atoms with Crippen molar-refractivity contribution < 1.29 is 0 Å². The summed E-state index contributed by atoms with van der Waals surface area (Å²) in [6.07, 6.45) is 0. The Hall–Kier alpha value is -1.19. The summed E-state index contributed by atoms with van der Waals surface area (Å²) in [6, 6.07) is 0. The van der Waals surface area contributed by atoms with Crippen LogP contribution in [0.2, 0.25) is 0 Å². The molecule has 0 aromatic carbocycles. The molecule has 0 fully saturated rings. The van der Waals surface area contributed by atoms with E-state index in [4.69, 9.17) is 5.84 Å². The first-order valence-corrected chi connectivity index (χ1v) is 2.48. The van der Waals surface area contributed by atoms with E-state index in [1.165, 1.54) is 0 Å². The van der Waals surface area contributed by atoms with Crippen molar-refractivity contribution in [2.45, 2.75) is 13.8 Å². The van der Waals surface area contributed by atoms with Crippen molar-refractivity contribution in [3.05, 3.63) is 12.3 Å². The van der Waals surface area contributed by atoms with Crippen LogP contribution in [0.1, 0.15) is 13.8 Å². The van der Waals surface area contributed by atoms with Gasteiger partial charge in [0.2, 0.25) is 0 Å². The van der Waals surface area contributed by atoms with Crippen molar-refractivity contribution in [2.75, 3.05) is 0 Å². The molecule has 0 atom stereocenters. The van der Waals surface area contributed by atoms with Gasteiger partial charge in [-0.15, -0.1) is 5.11 Å². The van der Waals surface area contributed by atoms with Crippen LogP contribution in [-0.4, -0.2) is 5.84 Å². The molecule has 0 bridgehead atoms. The van der Waals surface area contributed by atoms with E-state index < -0.39 is 0 Å². The standard InChI is InChI=1S/C5H10N4/c1-4(2)8-9-5(3)7-6/h1,6H2,2-3H3/b7-5-,9-8?. The van der Waals surface area contributed by atoms with Crippen LogP contribution in [0.5, 0.6) is 0 Å². The second-order valence-electron chi connectivity index (χ2n) is 1.61. The average molecular weight is 126 g/mol. The highest BCUT2D eigenvalue weighted by atomic mass is 15.2. The van der Waals surface area contributed by atoms with E-state index >= 15 is 0 Å². The number of azo groups is 1. The normalized spacial score (nSPS) is 12.4. The van der Waals surface area contributed by atoms with Gasteiger partial charge in [0, 0.05) is 0 Å². The van der Waals surface area contributed by atoms with Crippen LogP contribution in [0.15, 0.2) is 27.6 Å². The lowest BCUT2D eigenvalue weighted by Gasteiger charge is -1.84. The van der Waals surface area contributed by atoms with Gasteiger partial charge in [-0.3, -0.25) is 0 Å². The van der Waals surface area contributed by atoms with Crippen LogP contribution >= 0.6 is 0 Å². The molecule has 0 aliphatic heterocycles. The molecule has 0 aromatic heterocycles. The lowest BCUT2D eigenvalue weighted by atomic mass is 10.6. The number of allylic oxidation sites excluding steroid dienone is 1. The molecule has 4 heteroatoms. The van der Waals surface area contributed by atoms with E-state index in [9.17, 15) is 0 Å². The Labute approximate surface area is 54.2 Å². The molecule has 0 amide bonds. The number of nitrogens with two attached hydrogens (primary N) is 1. The van der Waals surface area contributed by atoms with E-state index in [-0.39, 0.29) is 0 Å². The summed E-state index contributed by atoms with van der Waals surface area (Å²) in [5, 5.41) is 10.5. The fourth-order valence-corrected chi connectivity index (χ4v) is 0.184. The van der Waals surface area contributed by atoms with Gasteiger partial charge in [-0.1, -0.05) is 6.58 Å². The second-order valence-corrected chi connectivity index (χ2v) is 1.61. The molecule has 0 spiro atoms. The number of nitrogens with zero attached hydrogens (tertiary/aromatic N) is 3. The molecule has 0 aliphatic rings. The van der Waals surface area contributed by atoms with Crippen molar-refractivity contribution in [2.24, 2.45) is 21.2 Å². The second kappa shape index (κ2) is 3.77. The molecule has 0 heterocycles. The Bertz CT molecular complexity index is 156. The fourth-order valence-electron chi connectivity index (χ4n) is 0.184. The zero-order chi connectivity index (χ0) is 7.28. The minimum Gasteiger partial charge on any atom is -0.321 e. The van der Waals surface area contributed by atoms with Gasteiger partial charge in [0.25, 0.3) is 0 Å².